The van der Waals surface area contributed by atoms with Gasteiger partial charge >= 0.3 is 0 Å². The molecule has 0 spiro atoms. The van der Waals surface area contributed by atoms with E-state index in [9.17, 15) is 13.2 Å². The number of halogens is 2. The quantitative estimate of drug-likeness (QED) is 0.654. The number of aromatic nitrogens is 2. The molecule has 1 aromatic heterocycles. The molecule has 3 aromatic rings. The number of benzene rings is 2. The number of aryl methyl sites for hydroxylation is 1. The first kappa shape index (κ1) is 18.8. The number of amides is 1. The molecule has 144 valence electrons. The van der Waals surface area contributed by atoms with Gasteiger partial charge in [-0.2, -0.15) is 18.0 Å². The van der Waals surface area contributed by atoms with Crippen molar-refractivity contribution in [2.45, 2.75) is 17.7 Å². The van der Waals surface area contributed by atoms with Gasteiger partial charge in [-0.15, -0.1) is 5.10 Å². The number of hydrogen-bond donors (Lipinski definition) is 2. The van der Waals surface area contributed by atoms with E-state index in [1.54, 1.807) is 0 Å². The highest BCUT2D eigenvalue weighted by atomic mass is 35.5. The van der Waals surface area contributed by atoms with Crippen LogP contribution in [-0.2, 0) is 22.9 Å². The number of nitrogens with two attached hydrogens (primary N) is 1. The van der Waals surface area contributed by atoms with E-state index in [1.165, 1.54) is 18.2 Å². The molecule has 0 saturated carbocycles. The number of rotatable bonds is 4. The van der Waals surface area contributed by atoms with Gasteiger partial charge in [0.2, 0.25) is 0 Å². The molecule has 0 radical (unpaired) electrons. The van der Waals surface area contributed by atoms with E-state index in [0.29, 0.717) is 29.1 Å². The zero-order valence-electron chi connectivity index (χ0n) is 14.3. The van der Waals surface area contributed by atoms with Gasteiger partial charge in [0.15, 0.2) is 5.69 Å². The molecular formula is C18H14Cl2N4O3S. The van der Waals surface area contributed by atoms with Crippen LogP contribution in [0.3, 0.4) is 0 Å². The molecule has 0 saturated heterocycles. The van der Waals surface area contributed by atoms with E-state index in [-0.39, 0.29) is 15.6 Å². The zero-order valence-corrected chi connectivity index (χ0v) is 16.6. The fraction of sp³-hybridized carbons (Fsp3) is 0.111. The van der Waals surface area contributed by atoms with E-state index in [0.717, 1.165) is 15.9 Å². The molecule has 2 aromatic carbocycles. The average molecular weight is 437 g/mol. The van der Waals surface area contributed by atoms with Gasteiger partial charge in [-0.05, 0) is 36.6 Å². The van der Waals surface area contributed by atoms with E-state index in [4.69, 9.17) is 28.9 Å². The minimum absolute atomic E-state index is 0.0310. The Morgan fingerprint density at radius 2 is 1.89 bits per heavy atom. The lowest BCUT2D eigenvalue weighted by atomic mass is 9.89. The molecule has 0 aliphatic heterocycles. The SMILES string of the molecule is NC(=O)c1nn(NS(=O)(=O)c2ccc(Cl)cc2Cl)c2c1CCc1ccccc1-2. The molecule has 1 heterocycles. The molecule has 3 N–H and O–H groups in total. The van der Waals surface area contributed by atoms with E-state index < -0.39 is 15.9 Å². The van der Waals surface area contributed by atoms with Crippen LogP contribution < -0.4 is 10.6 Å². The van der Waals surface area contributed by atoms with Gasteiger partial charge < -0.3 is 5.73 Å². The number of fused-ring (bicyclic) bond motifs is 3. The van der Waals surface area contributed by atoms with Gasteiger partial charge in [-0.3, -0.25) is 4.79 Å². The Labute approximate surface area is 171 Å². The number of nitrogens with zero attached hydrogens (tertiary/aromatic N) is 2. The van der Waals surface area contributed by atoms with Crippen molar-refractivity contribution in [1.82, 2.24) is 9.89 Å². The Balaban J connectivity index is 1.87. The van der Waals surface area contributed by atoms with Crippen LogP contribution in [0.25, 0.3) is 11.3 Å². The summed E-state index contributed by atoms with van der Waals surface area (Å²) in [5.74, 6) is -0.724. The number of nitrogens with one attached hydrogen (secondary N) is 1. The van der Waals surface area contributed by atoms with Crippen LogP contribution in [0.5, 0.6) is 0 Å². The average Bonchev–Trinajstić information content (AvgIpc) is 3.00. The molecule has 1 aliphatic carbocycles. The summed E-state index contributed by atoms with van der Waals surface area (Å²) in [5.41, 5.74) is 8.40. The molecule has 7 nitrogen and oxygen atoms in total. The Kier molecular flexibility index (Phi) is 4.57. The van der Waals surface area contributed by atoms with Crippen LogP contribution in [0, 0.1) is 0 Å². The second kappa shape index (κ2) is 6.80. The minimum atomic E-state index is -4.10. The first-order chi connectivity index (χ1) is 13.3. The van der Waals surface area contributed by atoms with E-state index in [2.05, 4.69) is 9.93 Å². The van der Waals surface area contributed by atoms with Crippen LogP contribution in [0.1, 0.15) is 21.6 Å². The smallest absolute Gasteiger partial charge is 0.278 e. The summed E-state index contributed by atoms with van der Waals surface area (Å²) in [6, 6.07) is 11.6. The highest BCUT2D eigenvalue weighted by molar-refractivity contribution is 7.92. The van der Waals surface area contributed by atoms with Crippen molar-refractivity contribution in [3.63, 3.8) is 0 Å². The summed E-state index contributed by atoms with van der Waals surface area (Å²) in [7, 11) is -4.10. The van der Waals surface area contributed by atoms with Crippen LogP contribution in [0.2, 0.25) is 10.0 Å². The van der Waals surface area contributed by atoms with Gasteiger partial charge in [0.1, 0.15) is 4.90 Å². The highest BCUT2D eigenvalue weighted by Crippen LogP contribution is 2.35. The monoisotopic (exact) mass is 436 g/mol. The highest BCUT2D eigenvalue weighted by Gasteiger charge is 2.29. The lowest BCUT2D eigenvalue weighted by Crippen LogP contribution is -2.26. The van der Waals surface area contributed by atoms with Crippen molar-refractivity contribution in [3.05, 3.63) is 69.3 Å². The number of sulfonamides is 1. The third-order valence-corrected chi connectivity index (χ3v) is 6.53. The third-order valence-electron chi connectivity index (χ3n) is 4.52. The maximum absolute atomic E-state index is 12.9. The van der Waals surface area contributed by atoms with Gasteiger partial charge in [0.25, 0.3) is 15.9 Å². The maximum Gasteiger partial charge on any atom is 0.278 e. The van der Waals surface area contributed by atoms with E-state index in [1.807, 2.05) is 24.3 Å². The number of carbonyl (C=O) groups is 1. The number of carbonyl (C=O) groups excluding carboxylic acids is 1. The largest absolute Gasteiger partial charge is 0.364 e. The Morgan fingerprint density at radius 3 is 2.61 bits per heavy atom. The Morgan fingerprint density at radius 1 is 1.14 bits per heavy atom. The Hall–Kier alpha value is -2.55. The molecular weight excluding hydrogens is 423 g/mol. The summed E-state index contributed by atoms with van der Waals surface area (Å²) in [6.07, 6.45) is 1.22. The summed E-state index contributed by atoms with van der Waals surface area (Å²) in [5, 5.41) is 4.41. The van der Waals surface area contributed by atoms with Gasteiger partial charge in [-0.25, -0.2) is 0 Å². The summed E-state index contributed by atoms with van der Waals surface area (Å²) in [6.45, 7) is 0. The molecule has 28 heavy (non-hydrogen) atoms. The van der Waals surface area contributed by atoms with Crippen molar-refractivity contribution in [2.24, 2.45) is 5.73 Å². The van der Waals surface area contributed by atoms with Crippen molar-refractivity contribution in [1.29, 1.82) is 0 Å². The second-order valence-corrected chi connectivity index (χ2v) is 8.75. The van der Waals surface area contributed by atoms with Crippen molar-refractivity contribution in [2.75, 3.05) is 4.83 Å². The normalized spacial score (nSPS) is 12.9. The van der Waals surface area contributed by atoms with Crippen LogP contribution in [0.4, 0.5) is 0 Å². The lowest BCUT2D eigenvalue weighted by molar-refractivity contribution is 0.0994. The minimum Gasteiger partial charge on any atom is -0.364 e. The van der Waals surface area contributed by atoms with Gasteiger partial charge in [0.05, 0.1) is 10.7 Å². The summed E-state index contributed by atoms with van der Waals surface area (Å²) in [4.78, 5) is 15.2. The Bertz CT molecular complexity index is 1220. The predicted octanol–water partition coefficient (Wildman–Crippen LogP) is 2.99. The lowest BCUT2D eigenvalue weighted by Gasteiger charge is -2.19. The maximum atomic E-state index is 12.9. The van der Waals surface area contributed by atoms with Gasteiger partial charge in [0, 0.05) is 16.1 Å². The van der Waals surface area contributed by atoms with Crippen molar-refractivity contribution in [3.8, 4) is 11.3 Å². The number of hydrogen-bond acceptors (Lipinski definition) is 4. The fourth-order valence-electron chi connectivity index (χ4n) is 3.31. The fourth-order valence-corrected chi connectivity index (χ4v) is 5.05. The van der Waals surface area contributed by atoms with Gasteiger partial charge in [-0.1, -0.05) is 47.5 Å². The van der Waals surface area contributed by atoms with Crippen LogP contribution >= 0.6 is 23.2 Å². The predicted molar refractivity (Wildman–Crippen MR) is 107 cm³/mol. The molecule has 1 aliphatic rings. The van der Waals surface area contributed by atoms with E-state index >= 15 is 0 Å². The standard InChI is InChI=1S/C18H14Cl2N4O3S/c19-11-6-8-15(14(20)9-11)28(26,27)23-24-17-12-4-2-1-3-10(12)5-7-13(17)16(22-24)18(21)25/h1-4,6,8-9,23H,5,7H2,(H2,21,25). The van der Waals surface area contributed by atoms with Crippen molar-refractivity contribution >= 4 is 39.1 Å². The summed E-state index contributed by atoms with van der Waals surface area (Å²) < 4.78 is 25.8. The molecule has 0 atom stereocenters. The van der Waals surface area contributed by atoms with Crippen molar-refractivity contribution < 1.29 is 13.2 Å². The first-order valence-corrected chi connectivity index (χ1v) is 10.5. The molecule has 10 heteroatoms. The van der Waals surface area contributed by atoms with Crippen LogP contribution in [0.15, 0.2) is 47.4 Å². The first-order valence-electron chi connectivity index (χ1n) is 8.26. The van der Waals surface area contributed by atoms with Crippen LogP contribution in [-0.4, -0.2) is 24.2 Å². The topological polar surface area (TPSA) is 107 Å². The molecule has 1 amide bonds. The molecule has 0 unspecified atom stereocenters. The molecule has 0 fully saturated rings. The number of primary amides is 1. The molecule has 0 bridgehead atoms. The third kappa shape index (κ3) is 3.13. The second-order valence-electron chi connectivity index (χ2n) is 6.28. The molecule has 4 rings (SSSR count). The summed E-state index contributed by atoms with van der Waals surface area (Å²) >= 11 is 11.9. The zero-order chi connectivity index (χ0) is 20.1.